The first kappa shape index (κ1) is 16.6. The molecule has 0 spiro atoms. The molecule has 0 bridgehead atoms. The molecule has 1 aromatic heterocycles. The van der Waals surface area contributed by atoms with Crippen molar-refractivity contribution in [3.63, 3.8) is 0 Å². The van der Waals surface area contributed by atoms with E-state index in [9.17, 15) is 18.0 Å². The fraction of sp³-hybridized carbons (Fsp3) is 0.700. The average Bonchev–Trinajstić information content (AvgIpc) is 2.72. The monoisotopic (exact) mass is 311 g/mol. The molecule has 0 aliphatic heterocycles. The van der Waals surface area contributed by atoms with Crippen molar-refractivity contribution in [1.82, 2.24) is 19.8 Å². The predicted molar refractivity (Wildman–Crippen MR) is 68.4 cm³/mol. The van der Waals surface area contributed by atoms with Gasteiger partial charge >= 0.3 is 6.18 Å². The minimum Gasteiger partial charge on any atom is -0.342 e. The zero-order valence-corrected chi connectivity index (χ0v) is 12.1. The molecule has 0 saturated heterocycles. The molecule has 10 heteroatoms. The fourth-order valence-electron chi connectivity index (χ4n) is 1.55. The molecule has 0 aliphatic rings. The zero-order valence-electron chi connectivity index (χ0n) is 11.3. The summed E-state index contributed by atoms with van der Waals surface area (Å²) in [5.41, 5.74) is 0. The molecule has 1 unspecified atom stereocenters. The molecule has 0 aromatic carbocycles. The van der Waals surface area contributed by atoms with Crippen LogP contribution in [0.5, 0.6) is 0 Å². The SMILES string of the molecule is CCN(CC)C(=O)C(C)Sc1nnc(C(F)(F)F)n1N. The first-order chi connectivity index (χ1) is 9.22. The summed E-state index contributed by atoms with van der Waals surface area (Å²) in [4.78, 5) is 13.6. The van der Waals surface area contributed by atoms with Gasteiger partial charge < -0.3 is 10.7 Å². The number of hydrogen-bond donors (Lipinski definition) is 1. The second kappa shape index (κ2) is 6.33. The van der Waals surface area contributed by atoms with Crippen LogP contribution in [0.2, 0.25) is 0 Å². The molecular formula is C10H16F3N5OS. The lowest BCUT2D eigenvalue weighted by Crippen LogP contribution is -2.36. The molecule has 0 aliphatic carbocycles. The first-order valence-electron chi connectivity index (χ1n) is 5.95. The summed E-state index contributed by atoms with van der Waals surface area (Å²) in [5.74, 6) is 3.83. The van der Waals surface area contributed by atoms with Crippen molar-refractivity contribution in [2.45, 2.75) is 37.4 Å². The van der Waals surface area contributed by atoms with Gasteiger partial charge in [0, 0.05) is 13.1 Å². The highest BCUT2D eigenvalue weighted by Gasteiger charge is 2.38. The van der Waals surface area contributed by atoms with Crippen molar-refractivity contribution in [3.05, 3.63) is 5.82 Å². The molecule has 2 N–H and O–H groups in total. The van der Waals surface area contributed by atoms with E-state index in [0.29, 0.717) is 17.8 Å². The van der Waals surface area contributed by atoms with Gasteiger partial charge in [0.1, 0.15) is 0 Å². The van der Waals surface area contributed by atoms with Gasteiger partial charge in [-0.2, -0.15) is 13.2 Å². The van der Waals surface area contributed by atoms with Gasteiger partial charge in [0.25, 0.3) is 5.82 Å². The van der Waals surface area contributed by atoms with Crippen LogP contribution in [-0.4, -0.2) is 44.0 Å². The second-order valence-corrected chi connectivity index (χ2v) is 5.25. The summed E-state index contributed by atoms with van der Waals surface area (Å²) < 4.78 is 37.9. The minimum atomic E-state index is -4.67. The largest absolute Gasteiger partial charge is 0.453 e. The quantitative estimate of drug-likeness (QED) is 0.656. The third-order valence-corrected chi connectivity index (χ3v) is 3.67. The average molecular weight is 311 g/mol. The summed E-state index contributed by atoms with van der Waals surface area (Å²) in [7, 11) is 0. The molecule has 0 fully saturated rings. The number of nitrogen functional groups attached to an aromatic ring is 1. The summed E-state index contributed by atoms with van der Waals surface area (Å²) in [6, 6.07) is 0. The Balaban J connectivity index is 2.84. The van der Waals surface area contributed by atoms with Crippen LogP contribution in [0.15, 0.2) is 5.16 Å². The van der Waals surface area contributed by atoms with Crippen molar-refractivity contribution in [2.75, 3.05) is 18.9 Å². The van der Waals surface area contributed by atoms with Gasteiger partial charge in [0.15, 0.2) is 0 Å². The Morgan fingerprint density at radius 2 is 1.95 bits per heavy atom. The molecule has 1 heterocycles. The van der Waals surface area contributed by atoms with Crippen molar-refractivity contribution in [3.8, 4) is 0 Å². The summed E-state index contributed by atoms with van der Waals surface area (Å²) in [6.07, 6.45) is -4.67. The number of nitrogens with zero attached hydrogens (tertiary/aromatic N) is 4. The maximum absolute atomic E-state index is 12.5. The van der Waals surface area contributed by atoms with Crippen molar-refractivity contribution < 1.29 is 18.0 Å². The van der Waals surface area contributed by atoms with E-state index in [4.69, 9.17) is 5.84 Å². The number of rotatable bonds is 5. The number of nitrogens with two attached hydrogens (primary N) is 1. The van der Waals surface area contributed by atoms with Gasteiger partial charge in [0.05, 0.1) is 5.25 Å². The van der Waals surface area contributed by atoms with Crippen molar-refractivity contribution in [2.24, 2.45) is 0 Å². The maximum Gasteiger partial charge on any atom is 0.453 e. The number of alkyl halides is 3. The van der Waals surface area contributed by atoms with E-state index in [1.165, 1.54) is 0 Å². The molecule has 20 heavy (non-hydrogen) atoms. The highest BCUT2D eigenvalue weighted by Crippen LogP contribution is 2.30. The predicted octanol–water partition coefficient (Wildman–Crippen LogP) is 1.36. The van der Waals surface area contributed by atoms with E-state index in [1.807, 2.05) is 13.8 Å². The third kappa shape index (κ3) is 3.56. The normalized spacial score (nSPS) is 13.3. The fourth-order valence-corrected chi connectivity index (χ4v) is 2.41. The zero-order chi connectivity index (χ0) is 15.5. The van der Waals surface area contributed by atoms with Gasteiger partial charge in [0.2, 0.25) is 11.1 Å². The molecule has 0 saturated carbocycles. The Morgan fingerprint density at radius 3 is 2.35 bits per heavy atom. The van der Waals surface area contributed by atoms with E-state index < -0.39 is 17.3 Å². The molecule has 1 atom stereocenters. The standard InChI is InChI=1S/C10H16F3N5OS/c1-4-17(5-2)7(19)6(3)20-9-16-15-8(18(9)14)10(11,12)13/h6H,4-5,14H2,1-3H3. The van der Waals surface area contributed by atoms with Crippen LogP contribution in [0.25, 0.3) is 0 Å². The van der Waals surface area contributed by atoms with E-state index in [-0.39, 0.29) is 11.1 Å². The molecule has 1 aromatic rings. The highest BCUT2D eigenvalue weighted by atomic mass is 32.2. The number of halogens is 3. The minimum absolute atomic E-state index is 0.148. The lowest BCUT2D eigenvalue weighted by atomic mass is 10.4. The Labute approximate surface area is 118 Å². The summed E-state index contributed by atoms with van der Waals surface area (Å²) in [6.45, 7) is 6.30. The van der Waals surface area contributed by atoms with Gasteiger partial charge in [-0.3, -0.25) is 4.79 Å². The molecule has 1 amide bonds. The van der Waals surface area contributed by atoms with Gasteiger partial charge in [-0.15, -0.1) is 10.2 Å². The van der Waals surface area contributed by atoms with Crippen LogP contribution >= 0.6 is 11.8 Å². The topological polar surface area (TPSA) is 77.0 Å². The van der Waals surface area contributed by atoms with E-state index >= 15 is 0 Å². The van der Waals surface area contributed by atoms with E-state index in [1.54, 1.807) is 11.8 Å². The second-order valence-electron chi connectivity index (χ2n) is 3.94. The third-order valence-electron chi connectivity index (χ3n) is 2.62. The number of hydrogen-bond acceptors (Lipinski definition) is 5. The van der Waals surface area contributed by atoms with Gasteiger partial charge in [-0.25, -0.2) is 4.68 Å². The van der Waals surface area contributed by atoms with E-state index in [0.717, 1.165) is 11.8 Å². The van der Waals surface area contributed by atoms with Crippen LogP contribution in [0, 0.1) is 0 Å². The molecule has 6 nitrogen and oxygen atoms in total. The van der Waals surface area contributed by atoms with Gasteiger partial charge in [-0.1, -0.05) is 11.8 Å². The number of aromatic nitrogens is 3. The molecule has 0 radical (unpaired) electrons. The number of carbonyl (C=O) groups is 1. The Hall–Kier alpha value is -1.45. The van der Waals surface area contributed by atoms with Gasteiger partial charge in [-0.05, 0) is 20.8 Å². The summed E-state index contributed by atoms with van der Waals surface area (Å²) >= 11 is 0.847. The van der Waals surface area contributed by atoms with E-state index in [2.05, 4.69) is 10.2 Å². The van der Waals surface area contributed by atoms with Crippen LogP contribution in [0.3, 0.4) is 0 Å². The van der Waals surface area contributed by atoms with Crippen LogP contribution < -0.4 is 5.84 Å². The highest BCUT2D eigenvalue weighted by molar-refractivity contribution is 8.00. The Morgan fingerprint density at radius 1 is 1.40 bits per heavy atom. The van der Waals surface area contributed by atoms with Crippen LogP contribution in [-0.2, 0) is 11.0 Å². The first-order valence-corrected chi connectivity index (χ1v) is 6.83. The Bertz CT molecular complexity index is 472. The smallest absolute Gasteiger partial charge is 0.342 e. The molecule has 1 rings (SSSR count). The summed E-state index contributed by atoms with van der Waals surface area (Å²) in [5, 5.41) is 5.63. The van der Waals surface area contributed by atoms with Crippen molar-refractivity contribution >= 4 is 17.7 Å². The molecule has 114 valence electrons. The lowest BCUT2D eigenvalue weighted by Gasteiger charge is -2.22. The number of thioether (sulfide) groups is 1. The van der Waals surface area contributed by atoms with Crippen LogP contribution in [0.4, 0.5) is 13.2 Å². The van der Waals surface area contributed by atoms with Crippen molar-refractivity contribution in [1.29, 1.82) is 0 Å². The maximum atomic E-state index is 12.5. The lowest BCUT2D eigenvalue weighted by molar-refractivity contribution is -0.146. The molecular weight excluding hydrogens is 295 g/mol. The number of carbonyl (C=O) groups excluding carboxylic acids is 1. The Kier molecular flexibility index (Phi) is 5.26. The van der Waals surface area contributed by atoms with Crippen LogP contribution in [0.1, 0.15) is 26.6 Å². The number of amides is 1.